The number of aryl methyl sites for hydroxylation is 3. The molecule has 4 rings (SSSR count). The highest BCUT2D eigenvalue weighted by molar-refractivity contribution is 5.90. The summed E-state index contributed by atoms with van der Waals surface area (Å²) < 4.78 is 12.5. The molecule has 2 aromatic heterocycles. The monoisotopic (exact) mass is 470 g/mol. The van der Waals surface area contributed by atoms with Crippen molar-refractivity contribution in [1.29, 1.82) is 0 Å². The third-order valence-corrected chi connectivity index (χ3v) is 6.55. The van der Waals surface area contributed by atoms with Crippen LogP contribution >= 0.6 is 0 Å². The van der Waals surface area contributed by atoms with Gasteiger partial charge in [0.25, 0.3) is 0 Å². The molecule has 1 atom stereocenters. The van der Waals surface area contributed by atoms with E-state index in [0.29, 0.717) is 24.4 Å². The first kappa shape index (κ1) is 23.8. The van der Waals surface area contributed by atoms with Crippen LogP contribution in [0.5, 0.6) is 5.75 Å². The van der Waals surface area contributed by atoms with Crippen molar-refractivity contribution in [3.63, 3.8) is 0 Å². The summed E-state index contributed by atoms with van der Waals surface area (Å²) in [7, 11) is 1.56. The van der Waals surface area contributed by atoms with Gasteiger partial charge < -0.3 is 24.0 Å². The third-order valence-electron chi connectivity index (χ3n) is 6.55. The van der Waals surface area contributed by atoms with Crippen LogP contribution in [0.4, 0.5) is 0 Å². The summed E-state index contributed by atoms with van der Waals surface area (Å²) in [5, 5.41) is 24.1. The van der Waals surface area contributed by atoms with Gasteiger partial charge in [-0.25, -0.2) is 0 Å². The van der Waals surface area contributed by atoms with Crippen LogP contribution in [0.2, 0.25) is 0 Å². The summed E-state index contributed by atoms with van der Waals surface area (Å²) in [6.45, 7) is 7.42. The zero-order valence-corrected chi connectivity index (χ0v) is 19.7. The highest BCUT2D eigenvalue weighted by Gasteiger charge is 2.33. The van der Waals surface area contributed by atoms with Crippen LogP contribution in [0.3, 0.4) is 0 Å². The summed E-state index contributed by atoms with van der Waals surface area (Å²) in [5.74, 6) is -0.398. The number of hydrogen-bond donors (Lipinski definition) is 2. The molecule has 1 aliphatic heterocycles. The molecule has 2 N–H and O–H groups in total. The van der Waals surface area contributed by atoms with E-state index < -0.39 is 18.0 Å². The molecule has 0 unspecified atom stereocenters. The zero-order valence-electron chi connectivity index (χ0n) is 19.7. The van der Waals surface area contributed by atoms with Gasteiger partial charge >= 0.3 is 11.9 Å². The summed E-state index contributed by atoms with van der Waals surface area (Å²) >= 11 is 0. The Morgan fingerprint density at radius 3 is 2.50 bits per heavy atom. The fraction of sp³-hybridized carbons (Fsp3) is 0.458. The standard InChI is InChI=1S/C24H30N4O6/c1-15-19(16(2)34-25-15)13-26-8-10-27(11-9-26)23(24(31)32)20-14-28(7-6-22(29)30)21-5-4-17(33-3)12-18(20)21/h4-5,12,14,23H,6-11,13H2,1-3H3,(H,29,30)(H,31,32)/t23-/m1/s1. The number of piperazine rings is 1. The number of rotatable bonds is 9. The smallest absolute Gasteiger partial charge is 0.325 e. The van der Waals surface area contributed by atoms with Crippen molar-refractivity contribution < 1.29 is 29.1 Å². The average molecular weight is 471 g/mol. The van der Waals surface area contributed by atoms with E-state index in [1.165, 1.54) is 0 Å². The topological polar surface area (TPSA) is 121 Å². The van der Waals surface area contributed by atoms with E-state index >= 15 is 0 Å². The minimum atomic E-state index is -0.931. The number of benzene rings is 1. The lowest BCUT2D eigenvalue weighted by molar-refractivity contribution is -0.144. The van der Waals surface area contributed by atoms with Gasteiger partial charge in [-0.05, 0) is 32.0 Å². The summed E-state index contributed by atoms with van der Waals surface area (Å²) in [4.78, 5) is 27.9. The SMILES string of the molecule is COc1ccc2c(c1)c([C@H](C(=O)O)N1CCN(Cc3c(C)noc3C)CC1)cn2CCC(=O)O. The largest absolute Gasteiger partial charge is 0.497 e. The van der Waals surface area contributed by atoms with Crippen LogP contribution in [0, 0.1) is 13.8 Å². The molecule has 10 nitrogen and oxygen atoms in total. The Balaban J connectivity index is 1.59. The van der Waals surface area contributed by atoms with Crippen LogP contribution in [0.1, 0.15) is 35.0 Å². The number of ether oxygens (including phenoxy) is 1. The Morgan fingerprint density at radius 2 is 1.91 bits per heavy atom. The van der Waals surface area contributed by atoms with Crippen molar-refractivity contribution >= 4 is 22.8 Å². The summed E-state index contributed by atoms with van der Waals surface area (Å²) in [5.41, 5.74) is 3.40. The molecule has 34 heavy (non-hydrogen) atoms. The molecule has 0 radical (unpaired) electrons. The number of carbonyl (C=O) groups is 2. The Bertz CT molecular complexity index is 1170. The molecule has 0 saturated carbocycles. The van der Waals surface area contributed by atoms with E-state index in [1.54, 1.807) is 19.4 Å². The van der Waals surface area contributed by atoms with Gasteiger partial charge in [0.05, 0.1) is 19.2 Å². The first-order chi connectivity index (χ1) is 16.3. The fourth-order valence-corrected chi connectivity index (χ4v) is 4.67. The molecule has 0 bridgehead atoms. The van der Waals surface area contributed by atoms with Gasteiger partial charge in [-0.3, -0.25) is 19.4 Å². The van der Waals surface area contributed by atoms with E-state index in [1.807, 2.05) is 35.4 Å². The van der Waals surface area contributed by atoms with Crippen molar-refractivity contribution in [2.24, 2.45) is 0 Å². The fourth-order valence-electron chi connectivity index (χ4n) is 4.67. The zero-order chi connectivity index (χ0) is 24.4. The molecule has 182 valence electrons. The molecular weight excluding hydrogens is 440 g/mol. The third kappa shape index (κ3) is 4.78. The van der Waals surface area contributed by atoms with Gasteiger partial charge in [-0.15, -0.1) is 0 Å². The molecule has 1 aromatic carbocycles. The van der Waals surface area contributed by atoms with Gasteiger partial charge in [0.1, 0.15) is 17.6 Å². The molecule has 1 fully saturated rings. The van der Waals surface area contributed by atoms with Crippen molar-refractivity contribution in [2.45, 2.75) is 39.4 Å². The van der Waals surface area contributed by atoms with Gasteiger partial charge in [0.2, 0.25) is 0 Å². The number of carboxylic acids is 2. The number of fused-ring (bicyclic) bond motifs is 1. The maximum absolute atomic E-state index is 12.5. The number of methoxy groups -OCH3 is 1. The molecule has 10 heteroatoms. The second-order valence-electron chi connectivity index (χ2n) is 8.66. The first-order valence-electron chi connectivity index (χ1n) is 11.3. The lowest BCUT2D eigenvalue weighted by atomic mass is 10.0. The quantitative estimate of drug-likeness (QED) is 0.486. The Labute approximate surface area is 197 Å². The summed E-state index contributed by atoms with van der Waals surface area (Å²) in [6, 6.07) is 4.62. The van der Waals surface area contributed by atoms with Crippen molar-refractivity contribution in [2.75, 3.05) is 33.3 Å². The van der Waals surface area contributed by atoms with Crippen LogP contribution in [0.15, 0.2) is 28.9 Å². The van der Waals surface area contributed by atoms with E-state index in [4.69, 9.17) is 14.4 Å². The average Bonchev–Trinajstić information content (AvgIpc) is 3.33. The molecule has 3 heterocycles. The van der Waals surface area contributed by atoms with Crippen molar-refractivity contribution in [1.82, 2.24) is 19.5 Å². The number of hydrogen-bond acceptors (Lipinski definition) is 7. The highest BCUT2D eigenvalue weighted by Crippen LogP contribution is 2.34. The van der Waals surface area contributed by atoms with Crippen LogP contribution in [-0.4, -0.2) is 75.0 Å². The number of aliphatic carboxylic acids is 2. The van der Waals surface area contributed by atoms with Gasteiger partial charge in [0.15, 0.2) is 0 Å². The van der Waals surface area contributed by atoms with Gasteiger partial charge in [0, 0.05) is 67.5 Å². The van der Waals surface area contributed by atoms with Gasteiger partial charge in [-0.1, -0.05) is 5.16 Å². The highest BCUT2D eigenvalue weighted by atomic mass is 16.5. The Kier molecular flexibility index (Phi) is 6.90. The Morgan fingerprint density at radius 1 is 1.18 bits per heavy atom. The molecular formula is C24H30N4O6. The van der Waals surface area contributed by atoms with Crippen LogP contribution in [0.25, 0.3) is 10.9 Å². The lowest BCUT2D eigenvalue weighted by Gasteiger charge is -2.37. The minimum Gasteiger partial charge on any atom is -0.497 e. The molecule has 3 aromatic rings. The normalized spacial score (nSPS) is 16.1. The number of aromatic nitrogens is 2. The minimum absolute atomic E-state index is 0.0483. The first-order valence-corrected chi connectivity index (χ1v) is 11.3. The van der Waals surface area contributed by atoms with E-state index in [0.717, 1.165) is 47.6 Å². The lowest BCUT2D eigenvalue weighted by Crippen LogP contribution is -2.48. The predicted molar refractivity (Wildman–Crippen MR) is 124 cm³/mol. The second kappa shape index (κ2) is 9.86. The predicted octanol–water partition coefficient (Wildman–Crippen LogP) is 2.67. The van der Waals surface area contributed by atoms with E-state index in [2.05, 4.69) is 10.1 Å². The van der Waals surface area contributed by atoms with Gasteiger partial charge in [-0.2, -0.15) is 0 Å². The van der Waals surface area contributed by atoms with E-state index in [-0.39, 0.29) is 13.0 Å². The maximum atomic E-state index is 12.5. The van der Waals surface area contributed by atoms with Crippen molar-refractivity contribution in [3.8, 4) is 5.75 Å². The molecule has 1 aliphatic rings. The van der Waals surface area contributed by atoms with Crippen LogP contribution in [-0.2, 0) is 22.7 Å². The molecule has 0 aliphatic carbocycles. The molecule has 0 spiro atoms. The second-order valence-corrected chi connectivity index (χ2v) is 8.66. The maximum Gasteiger partial charge on any atom is 0.325 e. The van der Waals surface area contributed by atoms with Crippen molar-refractivity contribution in [3.05, 3.63) is 47.0 Å². The summed E-state index contributed by atoms with van der Waals surface area (Å²) in [6.07, 6.45) is 1.73. The Hall–Kier alpha value is -3.37. The number of nitrogens with zero attached hydrogens (tertiary/aromatic N) is 4. The molecule has 0 amide bonds. The van der Waals surface area contributed by atoms with Crippen LogP contribution < -0.4 is 4.74 Å². The van der Waals surface area contributed by atoms with E-state index in [9.17, 15) is 14.7 Å². The molecule has 1 saturated heterocycles. The number of carboxylic acid groups (broad SMARTS) is 2.